The third kappa shape index (κ3) is 1.97. The predicted octanol–water partition coefficient (Wildman–Crippen LogP) is 4.04. The number of aryl methyl sites for hydroxylation is 1. The first-order chi connectivity index (χ1) is 7.09. The maximum absolute atomic E-state index is 11.2. The Bertz CT molecular complexity index is 515. The molecule has 2 rings (SSSR count). The van der Waals surface area contributed by atoms with Crippen LogP contribution in [0.1, 0.15) is 22.3 Å². The van der Waals surface area contributed by atoms with Gasteiger partial charge in [0.2, 0.25) is 0 Å². The molecule has 0 aliphatic carbocycles. The van der Waals surface area contributed by atoms with Crippen LogP contribution in [0.15, 0.2) is 11.4 Å². The number of ketones is 1. The van der Waals surface area contributed by atoms with E-state index in [1.807, 2.05) is 18.4 Å². The fourth-order valence-electron chi connectivity index (χ4n) is 1.27. The summed E-state index contributed by atoms with van der Waals surface area (Å²) in [4.78, 5) is 17.4. The summed E-state index contributed by atoms with van der Waals surface area (Å²) in [5.74, 6) is 0.00248. The molecular weight excluding hydrogens is 250 g/mol. The van der Waals surface area contributed by atoms with Crippen LogP contribution in [0.3, 0.4) is 0 Å². The molecule has 0 saturated heterocycles. The van der Waals surface area contributed by atoms with E-state index in [2.05, 4.69) is 4.98 Å². The molecule has 2 aromatic rings. The number of Topliss-reactive ketones (excluding diaryl/α,β-unsaturated/α-hetero) is 1. The number of thiazole rings is 1. The lowest BCUT2D eigenvalue weighted by Gasteiger charge is -1.89. The molecule has 0 aromatic carbocycles. The largest absolute Gasteiger partial charge is 0.293 e. The van der Waals surface area contributed by atoms with Crippen molar-refractivity contribution < 1.29 is 4.79 Å². The SMILES string of the molecule is CC(=O)c1nc(-c2sccc2Cl)sc1C. The highest BCUT2D eigenvalue weighted by Gasteiger charge is 2.15. The summed E-state index contributed by atoms with van der Waals surface area (Å²) in [5, 5.41) is 3.45. The third-order valence-electron chi connectivity index (χ3n) is 1.94. The number of aromatic nitrogens is 1. The average Bonchev–Trinajstić information content (AvgIpc) is 2.71. The summed E-state index contributed by atoms with van der Waals surface area (Å²) in [6.45, 7) is 3.43. The van der Waals surface area contributed by atoms with E-state index < -0.39 is 0 Å². The van der Waals surface area contributed by atoms with Gasteiger partial charge < -0.3 is 0 Å². The molecule has 0 aliphatic rings. The molecule has 15 heavy (non-hydrogen) atoms. The lowest BCUT2D eigenvalue weighted by atomic mass is 10.3. The van der Waals surface area contributed by atoms with Crippen LogP contribution in [-0.2, 0) is 0 Å². The maximum atomic E-state index is 11.2. The van der Waals surface area contributed by atoms with Crippen molar-refractivity contribution in [3.05, 3.63) is 27.0 Å². The normalized spacial score (nSPS) is 10.6. The second kappa shape index (κ2) is 4.04. The van der Waals surface area contributed by atoms with Gasteiger partial charge in [-0.1, -0.05) is 11.6 Å². The minimum Gasteiger partial charge on any atom is -0.293 e. The van der Waals surface area contributed by atoms with Crippen LogP contribution in [0.25, 0.3) is 9.88 Å². The fraction of sp³-hybridized carbons (Fsp3) is 0.200. The molecule has 0 spiro atoms. The number of thiophene rings is 1. The van der Waals surface area contributed by atoms with Gasteiger partial charge in [-0.05, 0) is 18.4 Å². The molecule has 2 aromatic heterocycles. The molecule has 0 saturated carbocycles. The quantitative estimate of drug-likeness (QED) is 0.760. The van der Waals surface area contributed by atoms with E-state index in [1.54, 1.807) is 11.3 Å². The topological polar surface area (TPSA) is 30.0 Å². The molecule has 0 fully saturated rings. The minimum absolute atomic E-state index is 0.00248. The highest BCUT2D eigenvalue weighted by Crippen LogP contribution is 2.36. The zero-order valence-corrected chi connectivity index (χ0v) is 10.6. The third-order valence-corrected chi connectivity index (χ3v) is 4.41. The van der Waals surface area contributed by atoms with E-state index in [1.165, 1.54) is 18.3 Å². The molecule has 0 bridgehead atoms. The molecule has 2 nitrogen and oxygen atoms in total. The Balaban J connectivity index is 2.52. The molecule has 0 amide bonds. The van der Waals surface area contributed by atoms with Crippen molar-refractivity contribution in [2.75, 3.05) is 0 Å². The van der Waals surface area contributed by atoms with Crippen LogP contribution in [-0.4, -0.2) is 10.8 Å². The summed E-state index contributed by atoms with van der Waals surface area (Å²) >= 11 is 9.06. The Labute approximate surface area is 101 Å². The summed E-state index contributed by atoms with van der Waals surface area (Å²) in [7, 11) is 0. The molecule has 78 valence electrons. The van der Waals surface area contributed by atoms with Gasteiger partial charge in [0, 0.05) is 11.8 Å². The first kappa shape index (κ1) is 10.8. The van der Waals surface area contributed by atoms with Gasteiger partial charge in [-0.15, -0.1) is 22.7 Å². The van der Waals surface area contributed by atoms with Crippen LogP contribution in [0.4, 0.5) is 0 Å². The van der Waals surface area contributed by atoms with E-state index >= 15 is 0 Å². The Hall–Kier alpha value is -0.710. The number of carbonyl (C=O) groups is 1. The van der Waals surface area contributed by atoms with E-state index in [4.69, 9.17) is 11.6 Å². The van der Waals surface area contributed by atoms with Crippen molar-refractivity contribution in [1.82, 2.24) is 4.98 Å². The van der Waals surface area contributed by atoms with Crippen LogP contribution >= 0.6 is 34.3 Å². The summed E-state index contributed by atoms with van der Waals surface area (Å²) in [6.07, 6.45) is 0. The lowest BCUT2D eigenvalue weighted by molar-refractivity contribution is 0.101. The van der Waals surface area contributed by atoms with Crippen molar-refractivity contribution in [3.63, 3.8) is 0 Å². The van der Waals surface area contributed by atoms with Crippen LogP contribution in [0.2, 0.25) is 5.02 Å². The lowest BCUT2D eigenvalue weighted by Crippen LogP contribution is -1.93. The van der Waals surface area contributed by atoms with Crippen LogP contribution in [0, 0.1) is 6.92 Å². The summed E-state index contributed by atoms with van der Waals surface area (Å²) < 4.78 is 0. The van der Waals surface area contributed by atoms with Crippen molar-refractivity contribution in [2.24, 2.45) is 0 Å². The van der Waals surface area contributed by atoms with Gasteiger partial charge >= 0.3 is 0 Å². The predicted molar refractivity (Wildman–Crippen MR) is 65.2 cm³/mol. The van der Waals surface area contributed by atoms with E-state index in [9.17, 15) is 4.79 Å². The first-order valence-corrected chi connectivity index (χ1v) is 6.38. The highest BCUT2D eigenvalue weighted by atomic mass is 35.5. The number of rotatable bonds is 2. The van der Waals surface area contributed by atoms with Crippen molar-refractivity contribution in [3.8, 4) is 9.88 Å². The minimum atomic E-state index is 0.00248. The van der Waals surface area contributed by atoms with Gasteiger partial charge in [-0.25, -0.2) is 4.98 Å². The second-order valence-corrected chi connectivity index (χ2v) is 5.60. The van der Waals surface area contributed by atoms with Gasteiger partial charge in [0.15, 0.2) is 5.78 Å². The van der Waals surface area contributed by atoms with Gasteiger partial charge in [0.1, 0.15) is 10.7 Å². The van der Waals surface area contributed by atoms with Gasteiger partial charge in [0.25, 0.3) is 0 Å². The first-order valence-electron chi connectivity index (χ1n) is 4.31. The number of nitrogens with zero attached hydrogens (tertiary/aromatic N) is 1. The van der Waals surface area contributed by atoms with Crippen molar-refractivity contribution in [1.29, 1.82) is 0 Å². The number of hydrogen-bond acceptors (Lipinski definition) is 4. The number of carbonyl (C=O) groups excluding carboxylic acids is 1. The average molecular weight is 258 g/mol. The Morgan fingerprint density at radius 1 is 1.53 bits per heavy atom. The molecule has 0 aliphatic heterocycles. The Morgan fingerprint density at radius 3 is 2.73 bits per heavy atom. The van der Waals surface area contributed by atoms with E-state index in [0.29, 0.717) is 10.7 Å². The van der Waals surface area contributed by atoms with Crippen molar-refractivity contribution >= 4 is 40.1 Å². The summed E-state index contributed by atoms with van der Waals surface area (Å²) in [5.41, 5.74) is 0.555. The van der Waals surface area contributed by atoms with Crippen molar-refractivity contribution in [2.45, 2.75) is 13.8 Å². The molecule has 0 atom stereocenters. The second-order valence-electron chi connectivity index (χ2n) is 3.08. The standard InChI is InChI=1S/C10H8ClNOS2/c1-5(13)8-6(2)15-10(12-8)9-7(11)3-4-14-9/h3-4H,1-2H3. The van der Waals surface area contributed by atoms with Gasteiger partial charge in [-0.3, -0.25) is 4.79 Å². The summed E-state index contributed by atoms with van der Waals surface area (Å²) in [6, 6.07) is 1.84. The zero-order valence-electron chi connectivity index (χ0n) is 8.20. The van der Waals surface area contributed by atoms with Crippen LogP contribution in [0.5, 0.6) is 0 Å². The van der Waals surface area contributed by atoms with Gasteiger partial charge in [0.05, 0.1) is 9.90 Å². The van der Waals surface area contributed by atoms with Gasteiger partial charge in [-0.2, -0.15) is 0 Å². The molecular formula is C10H8ClNOS2. The Morgan fingerprint density at radius 2 is 2.27 bits per heavy atom. The van der Waals surface area contributed by atoms with E-state index in [0.717, 1.165) is 14.8 Å². The zero-order chi connectivity index (χ0) is 11.0. The Kier molecular flexibility index (Phi) is 2.91. The monoisotopic (exact) mass is 257 g/mol. The smallest absolute Gasteiger partial charge is 0.179 e. The fourth-order valence-corrected chi connectivity index (χ4v) is 3.54. The molecule has 0 N–H and O–H groups in total. The molecule has 5 heteroatoms. The molecule has 0 radical (unpaired) electrons. The molecule has 2 heterocycles. The molecule has 0 unspecified atom stereocenters. The number of halogens is 1. The van der Waals surface area contributed by atoms with E-state index in [-0.39, 0.29) is 5.78 Å². The number of hydrogen-bond donors (Lipinski definition) is 0. The van der Waals surface area contributed by atoms with Crippen LogP contribution < -0.4 is 0 Å². The highest BCUT2D eigenvalue weighted by molar-refractivity contribution is 7.21. The maximum Gasteiger partial charge on any atom is 0.179 e.